The number of amides is 1. The Morgan fingerprint density at radius 3 is 2.50 bits per heavy atom. The quantitative estimate of drug-likeness (QED) is 0.687. The van der Waals surface area contributed by atoms with Crippen LogP contribution in [0.5, 0.6) is 5.75 Å². The first-order chi connectivity index (χ1) is 14.9. The van der Waals surface area contributed by atoms with Gasteiger partial charge < -0.3 is 14.8 Å². The lowest BCUT2D eigenvalue weighted by Crippen LogP contribution is -2.48. The van der Waals surface area contributed by atoms with Crippen molar-refractivity contribution in [3.63, 3.8) is 0 Å². The average molecular weight is 461 g/mol. The molecule has 2 aromatic rings. The van der Waals surface area contributed by atoms with E-state index in [2.05, 4.69) is 5.32 Å². The number of ether oxygens (including phenoxy) is 2. The van der Waals surface area contributed by atoms with Gasteiger partial charge in [0.2, 0.25) is 10.0 Å². The number of nitrogens with one attached hydrogen (secondary N) is 1. The van der Waals surface area contributed by atoms with Crippen molar-refractivity contribution in [2.24, 2.45) is 0 Å². The zero-order valence-corrected chi connectivity index (χ0v) is 19.7. The van der Waals surface area contributed by atoms with Crippen LogP contribution in [0.2, 0.25) is 0 Å². The highest BCUT2D eigenvalue weighted by Crippen LogP contribution is 2.38. The first kappa shape index (κ1) is 23.6. The van der Waals surface area contributed by atoms with Crippen LogP contribution in [0.3, 0.4) is 0 Å². The molecule has 32 heavy (non-hydrogen) atoms. The van der Waals surface area contributed by atoms with Crippen LogP contribution in [0.15, 0.2) is 42.5 Å². The number of rotatable bonds is 5. The van der Waals surface area contributed by atoms with Crippen molar-refractivity contribution in [2.75, 3.05) is 29.0 Å². The number of carbonyl (C=O) groups is 2. The molecule has 0 bridgehead atoms. The second-order valence-corrected chi connectivity index (χ2v) is 10.5. The molecule has 0 aromatic heterocycles. The number of hydrogen-bond acceptors (Lipinski definition) is 6. The van der Waals surface area contributed by atoms with Crippen molar-refractivity contribution < 1.29 is 27.5 Å². The van der Waals surface area contributed by atoms with E-state index in [0.29, 0.717) is 11.4 Å². The SMILES string of the molecule is CCOC(=O)c1ccccc1NC(=O)C1CN(S(C)(=O)=O)c2cc(C(C)(C)C)ccc2O1. The molecule has 1 N–H and O–H groups in total. The minimum absolute atomic E-state index is 0.188. The van der Waals surface area contributed by atoms with Crippen molar-refractivity contribution in [1.29, 1.82) is 0 Å². The highest BCUT2D eigenvalue weighted by atomic mass is 32.2. The minimum Gasteiger partial charge on any atom is -0.476 e. The summed E-state index contributed by atoms with van der Waals surface area (Å²) in [6, 6.07) is 11.8. The molecule has 1 aliphatic heterocycles. The Morgan fingerprint density at radius 1 is 1.19 bits per heavy atom. The maximum Gasteiger partial charge on any atom is 0.340 e. The van der Waals surface area contributed by atoms with Crippen LogP contribution in [-0.4, -0.2) is 45.8 Å². The lowest BCUT2D eigenvalue weighted by atomic mass is 9.86. The van der Waals surface area contributed by atoms with Gasteiger partial charge in [-0.1, -0.05) is 39.0 Å². The van der Waals surface area contributed by atoms with Gasteiger partial charge in [-0.3, -0.25) is 9.10 Å². The predicted octanol–water partition coefficient (Wildman–Crippen LogP) is 3.33. The van der Waals surface area contributed by atoms with Crippen molar-refractivity contribution in [3.05, 3.63) is 53.6 Å². The van der Waals surface area contributed by atoms with Crippen LogP contribution >= 0.6 is 0 Å². The summed E-state index contributed by atoms with van der Waals surface area (Å²) in [5, 5.41) is 2.67. The lowest BCUT2D eigenvalue weighted by Gasteiger charge is -2.35. The van der Waals surface area contributed by atoms with Gasteiger partial charge in [-0.05, 0) is 42.2 Å². The number of carbonyl (C=O) groups excluding carboxylic acids is 2. The van der Waals surface area contributed by atoms with E-state index in [0.717, 1.165) is 11.8 Å². The summed E-state index contributed by atoms with van der Waals surface area (Å²) < 4.78 is 37.1. The third kappa shape index (κ3) is 5.04. The number of benzene rings is 2. The highest BCUT2D eigenvalue weighted by Gasteiger charge is 2.36. The fourth-order valence-electron chi connectivity index (χ4n) is 3.36. The van der Waals surface area contributed by atoms with Gasteiger partial charge in [0.15, 0.2) is 6.10 Å². The molecule has 0 aliphatic carbocycles. The van der Waals surface area contributed by atoms with E-state index in [4.69, 9.17) is 9.47 Å². The molecule has 0 fully saturated rings. The smallest absolute Gasteiger partial charge is 0.340 e. The van der Waals surface area contributed by atoms with Crippen LogP contribution in [0.25, 0.3) is 0 Å². The maximum atomic E-state index is 13.0. The lowest BCUT2D eigenvalue weighted by molar-refractivity contribution is -0.122. The van der Waals surface area contributed by atoms with Gasteiger partial charge in [0.25, 0.3) is 5.91 Å². The number of fused-ring (bicyclic) bond motifs is 1. The van der Waals surface area contributed by atoms with E-state index in [-0.39, 0.29) is 29.8 Å². The molecule has 1 unspecified atom stereocenters. The van der Waals surface area contributed by atoms with E-state index in [1.54, 1.807) is 43.3 Å². The van der Waals surface area contributed by atoms with E-state index in [1.807, 2.05) is 26.8 Å². The summed E-state index contributed by atoms with van der Waals surface area (Å²) in [6.07, 6.45) is -0.00961. The van der Waals surface area contributed by atoms with Crippen LogP contribution in [0, 0.1) is 0 Å². The van der Waals surface area contributed by atoms with Gasteiger partial charge in [-0.25, -0.2) is 13.2 Å². The largest absolute Gasteiger partial charge is 0.476 e. The molecule has 3 rings (SSSR count). The molecule has 8 nitrogen and oxygen atoms in total. The van der Waals surface area contributed by atoms with Crippen LogP contribution in [-0.2, 0) is 25.0 Å². The number of esters is 1. The maximum absolute atomic E-state index is 13.0. The van der Waals surface area contributed by atoms with E-state index >= 15 is 0 Å². The van der Waals surface area contributed by atoms with Gasteiger partial charge in [-0.2, -0.15) is 0 Å². The standard InChI is InChI=1S/C23H28N2O6S/c1-6-30-22(27)16-9-7-8-10-17(16)24-21(26)20-14-25(32(5,28)29)18-13-15(23(2,3)4)11-12-19(18)31-20/h7-13,20H,6,14H2,1-5H3,(H,24,26). The molecule has 172 valence electrons. The van der Waals surface area contributed by atoms with E-state index in [9.17, 15) is 18.0 Å². The zero-order valence-electron chi connectivity index (χ0n) is 18.8. The van der Waals surface area contributed by atoms with Crippen molar-refractivity contribution in [1.82, 2.24) is 0 Å². The van der Waals surface area contributed by atoms with Crippen LogP contribution in [0.4, 0.5) is 11.4 Å². The fourth-order valence-corrected chi connectivity index (χ4v) is 4.27. The molecular formula is C23H28N2O6S. The van der Waals surface area contributed by atoms with Gasteiger partial charge >= 0.3 is 5.97 Å². The Balaban J connectivity index is 1.91. The summed E-state index contributed by atoms with van der Waals surface area (Å²) in [4.78, 5) is 25.2. The van der Waals surface area contributed by atoms with Gasteiger partial charge in [0.1, 0.15) is 5.75 Å². The summed E-state index contributed by atoms with van der Waals surface area (Å²) in [5.74, 6) is -0.833. The molecule has 0 saturated heterocycles. The Morgan fingerprint density at radius 2 is 1.88 bits per heavy atom. The first-order valence-corrected chi connectivity index (χ1v) is 12.1. The van der Waals surface area contributed by atoms with Crippen molar-refractivity contribution in [3.8, 4) is 5.75 Å². The number of hydrogen-bond donors (Lipinski definition) is 1. The number of sulfonamides is 1. The molecule has 9 heteroatoms. The van der Waals surface area contributed by atoms with E-state index < -0.39 is 28.0 Å². The Kier molecular flexibility index (Phi) is 6.50. The Labute approximate surface area is 188 Å². The summed E-state index contributed by atoms with van der Waals surface area (Å²) >= 11 is 0. The number of para-hydroxylation sites is 1. The molecule has 2 aromatic carbocycles. The Hall–Kier alpha value is -3.07. The first-order valence-electron chi connectivity index (χ1n) is 10.3. The minimum atomic E-state index is -3.67. The Bertz CT molecular complexity index is 1140. The van der Waals surface area contributed by atoms with Crippen LogP contribution in [0.1, 0.15) is 43.6 Å². The summed E-state index contributed by atoms with van der Waals surface area (Å²) in [5.41, 5.74) is 1.62. The highest BCUT2D eigenvalue weighted by molar-refractivity contribution is 7.92. The third-order valence-electron chi connectivity index (χ3n) is 5.07. The number of nitrogens with zero attached hydrogens (tertiary/aromatic N) is 1. The molecule has 0 saturated carbocycles. The number of anilines is 2. The van der Waals surface area contributed by atoms with Crippen molar-refractivity contribution >= 4 is 33.3 Å². The molecule has 1 heterocycles. The molecule has 1 amide bonds. The fraction of sp³-hybridized carbons (Fsp3) is 0.391. The molecular weight excluding hydrogens is 432 g/mol. The van der Waals surface area contributed by atoms with Crippen molar-refractivity contribution in [2.45, 2.75) is 39.2 Å². The summed E-state index contributed by atoms with van der Waals surface area (Å²) in [7, 11) is -3.67. The predicted molar refractivity (Wildman–Crippen MR) is 123 cm³/mol. The molecule has 1 atom stereocenters. The van der Waals surface area contributed by atoms with E-state index in [1.165, 1.54) is 4.31 Å². The monoisotopic (exact) mass is 460 g/mol. The van der Waals surface area contributed by atoms with Gasteiger partial charge in [0.05, 0.1) is 36.3 Å². The third-order valence-corrected chi connectivity index (χ3v) is 6.21. The second kappa shape index (κ2) is 8.82. The summed E-state index contributed by atoms with van der Waals surface area (Å²) in [6.45, 7) is 7.79. The van der Waals surface area contributed by atoms with Crippen LogP contribution < -0.4 is 14.4 Å². The average Bonchev–Trinajstić information content (AvgIpc) is 2.71. The van der Waals surface area contributed by atoms with Gasteiger partial charge in [-0.15, -0.1) is 0 Å². The second-order valence-electron chi connectivity index (χ2n) is 8.59. The molecule has 1 aliphatic rings. The topological polar surface area (TPSA) is 102 Å². The van der Waals surface area contributed by atoms with Gasteiger partial charge in [0, 0.05) is 0 Å². The molecule has 0 spiro atoms. The normalized spacial score (nSPS) is 16.0. The molecule has 0 radical (unpaired) electrons. The zero-order chi connectivity index (χ0) is 23.7.